The van der Waals surface area contributed by atoms with Crippen molar-refractivity contribution in [3.8, 4) is 0 Å². The Labute approximate surface area is 80.9 Å². The molecule has 0 saturated carbocycles. The summed E-state index contributed by atoms with van der Waals surface area (Å²) in [6.07, 6.45) is 1.62. The highest BCUT2D eigenvalue weighted by atomic mass is 32.1. The van der Waals surface area contributed by atoms with Crippen LogP contribution < -0.4 is 0 Å². The molecule has 68 valence electrons. The number of aryl methyl sites for hydroxylation is 1. The van der Waals surface area contributed by atoms with Crippen molar-refractivity contribution in [3.63, 3.8) is 0 Å². The van der Waals surface area contributed by atoms with Crippen LogP contribution >= 0.6 is 11.3 Å². The van der Waals surface area contributed by atoms with Gasteiger partial charge in [-0.1, -0.05) is 25.2 Å². The maximum atomic E-state index is 4.43. The lowest BCUT2D eigenvalue weighted by Crippen LogP contribution is -1.94. The van der Waals surface area contributed by atoms with Crippen LogP contribution in [0, 0.1) is 6.92 Å². The van der Waals surface area contributed by atoms with E-state index >= 15 is 0 Å². The van der Waals surface area contributed by atoms with Gasteiger partial charge in [-0.3, -0.25) is 0 Å². The summed E-state index contributed by atoms with van der Waals surface area (Å²) in [7, 11) is 0. The number of aromatic nitrogens is 3. The summed E-state index contributed by atoms with van der Waals surface area (Å²) in [5.41, 5.74) is 2.02. The van der Waals surface area contributed by atoms with Crippen molar-refractivity contribution < 1.29 is 0 Å². The summed E-state index contributed by atoms with van der Waals surface area (Å²) >= 11 is 1.62. The molecule has 2 aromatic heterocycles. The predicted octanol–water partition coefficient (Wildman–Crippen LogP) is 2.52. The van der Waals surface area contributed by atoms with Gasteiger partial charge >= 0.3 is 0 Å². The predicted molar refractivity (Wildman–Crippen MR) is 54.0 cm³/mol. The van der Waals surface area contributed by atoms with Gasteiger partial charge in [-0.2, -0.15) is 0 Å². The minimum Gasteiger partial charge on any atom is -0.239 e. The first-order valence-corrected chi connectivity index (χ1v) is 5.08. The van der Waals surface area contributed by atoms with Crippen molar-refractivity contribution in [2.75, 3.05) is 0 Å². The maximum Gasteiger partial charge on any atom is 0.147 e. The van der Waals surface area contributed by atoms with E-state index in [9.17, 15) is 0 Å². The normalized spacial score (nSPS) is 11.4. The zero-order valence-corrected chi connectivity index (χ0v) is 8.72. The van der Waals surface area contributed by atoms with E-state index in [1.54, 1.807) is 17.7 Å². The molecule has 0 aliphatic heterocycles. The first-order valence-electron chi connectivity index (χ1n) is 4.26. The highest BCUT2D eigenvalue weighted by Gasteiger charge is 2.10. The third-order valence-corrected chi connectivity index (χ3v) is 2.76. The van der Waals surface area contributed by atoms with E-state index in [2.05, 4.69) is 28.8 Å². The van der Waals surface area contributed by atoms with E-state index in [1.807, 2.05) is 6.92 Å². The molecule has 0 aliphatic rings. The van der Waals surface area contributed by atoms with Crippen LogP contribution in [0.15, 0.2) is 6.33 Å². The van der Waals surface area contributed by atoms with E-state index < -0.39 is 0 Å². The second-order valence-corrected chi connectivity index (χ2v) is 4.48. The lowest BCUT2D eigenvalue weighted by molar-refractivity contribution is 0.825. The van der Waals surface area contributed by atoms with Crippen LogP contribution in [0.5, 0.6) is 0 Å². The summed E-state index contributed by atoms with van der Waals surface area (Å²) in [4.78, 5) is 13.9. The Morgan fingerprint density at radius 1 is 1.31 bits per heavy atom. The van der Waals surface area contributed by atoms with Crippen molar-refractivity contribution in [2.24, 2.45) is 0 Å². The Hall–Kier alpha value is -1.03. The average Bonchev–Trinajstić information content (AvgIpc) is 2.43. The fourth-order valence-corrected chi connectivity index (χ4v) is 2.06. The third-order valence-electron chi connectivity index (χ3n) is 1.88. The highest BCUT2D eigenvalue weighted by molar-refractivity contribution is 7.18. The van der Waals surface area contributed by atoms with Gasteiger partial charge in [-0.15, -0.1) is 0 Å². The molecule has 0 unspecified atom stereocenters. The van der Waals surface area contributed by atoms with Crippen LogP contribution in [0.4, 0.5) is 0 Å². The molecule has 3 nitrogen and oxygen atoms in total. The zero-order chi connectivity index (χ0) is 9.42. The van der Waals surface area contributed by atoms with Gasteiger partial charge in [-0.05, 0) is 12.8 Å². The molecule has 0 amide bonds. The molecule has 2 rings (SSSR count). The summed E-state index contributed by atoms with van der Waals surface area (Å²) in [5, 5.41) is 1.05. The maximum absolute atomic E-state index is 4.43. The number of rotatable bonds is 1. The molecule has 0 aliphatic carbocycles. The van der Waals surface area contributed by atoms with E-state index in [0.717, 1.165) is 21.0 Å². The van der Waals surface area contributed by atoms with Crippen LogP contribution in [-0.4, -0.2) is 15.0 Å². The Bertz CT molecular complexity index is 433. The second-order valence-electron chi connectivity index (χ2n) is 3.30. The van der Waals surface area contributed by atoms with Crippen LogP contribution in [0.2, 0.25) is 0 Å². The standard InChI is InChI=1S/C9H11N3S/c1-5(2)7-8-9(11-4-10-7)13-6(3)12-8/h4-5H,1-3H3. The number of fused-ring (bicyclic) bond motifs is 1. The molecule has 0 fully saturated rings. The summed E-state index contributed by atoms with van der Waals surface area (Å²) < 4.78 is 0. The van der Waals surface area contributed by atoms with Gasteiger partial charge in [0.25, 0.3) is 0 Å². The fraction of sp³-hybridized carbons (Fsp3) is 0.444. The summed E-state index contributed by atoms with van der Waals surface area (Å²) in [6, 6.07) is 0. The molecule has 13 heavy (non-hydrogen) atoms. The topological polar surface area (TPSA) is 38.7 Å². The molecular formula is C9H11N3S. The molecule has 0 spiro atoms. The van der Waals surface area contributed by atoms with Gasteiger partial charge in [0.2, 0.25) is 0 Å². The van der Waals surface area contributed by atoms with Crippen molar-refractivity contribution in [1.82, 2.24) is 15.0 Å². The SMILES string of the molecule is Cc1nc2c(C(C)C)ncnc2s1. The second kappa shape index (κ2) is 3.03. The molecule has 0 N–H and O–H groups in total. The fourth-order valence-electron chi connectivity index (χ4n) is 1.30. The molecule has 4 heteroatoms. The molecular weight excluding hydrogens is 182 g/mol. The molecule has 2 aromatic rings. The number of thiazole rings is 1. The van der Waals surface area contributed by atoms with E-state index in [1.165, 1.54) is 0 Å². The number of nitrogens with zero attached hydrogens (tertiary/aromatic N) is 3. The lowest BCUT2D eigenvalue weighted by Gasteiger charge is -2.02. The third kappa shape index (κ3) is 1.42. The van der Waals surface area contributed by atoms with Gasteiger partial charge in [-0.25, -0.2) is 15.0 Å². The Balaban J connectivity index is 2.75. The number of hydrogen-bond acceptors (Lipinski definition) is 4. The first kappa shape index (κ1) is 8.56. The Kier molecular flexibility index (Phi) is 2.00. The molecule has 0 saturated heterocycles. The lowest BCUT2D eigenvalue weighted by atomic mass is 10.1. The van der Waals surface area contributed by atoms with Crippen molar-refractivity contribution in [1.29, 1.82) is 0 Å². The monoisotopic (exact) mass is 193 g/mol. The van der Waals surface area contributed by atoms with Gasteiger partial charge in [0.15, 0.2) is 0 Å². The van der Waals surface area contributed by atoms with Crippen molar-refractivity contribution in [3.05, 3.63) is 17.0 Å². The van der Waals surface area contributed by atoms with Crippen LogP contribution in [0.1, 0.15) is 30.5 Å². The Morgan fingerprint density at radius 3 is 2.77 bits per heavy atom. The summed E-state index contributed by atoms with van der Waals surface area (Å²) in [6.45, 7) is 6.24. The van der Waals surface area contributed by atoms with E-state index in [0.29, 0.717) is 5.92 Å². The largest absolute Gasteiger partial charge is 0.239 e. The molecule has 0 bridgehead atoms. The molecule has 0 aromatic carbocycles. The molecule has 2 heterocycles. The van der Waals surface area contributed by atoms with Gasteiger partial charge in [0.05, 0.1) is 10.7 Å². The van der Waals surface area contributed by atoms with E-state index in [4.69, 9.17) is 0 Å². The highest BCUT2D eigenvalue weighted by Crippen LogP contribution is 2.24. The van der Waals surface area contributed by atoms with Crippen LogP contribution in [-0.2, 0) is 0 Å². The van der Waals surface area contributed by atoms with Gasteiger partial charge in [0.1, 0.15) is 16.7 Å². The minimum atomic E-state index is 0.409. The molecule has 0 atom stereocenters. The van der Waals surface area contributed by atoms with Gasteiger partial charge in [0, 0.05) is 0 Å². The smallest absolute Gasteiger partial charge is 0.147 e. The van der Waals surface area contributed by atoms with Crippen LogP contribution in [0.3, 0.4) is 0 Å². The first-order chi connectivity index (χ1) is 6.18. The van der Waals surface area contributed by atoms with Crippen molar-refractivity contribution >= 4 is 21.7 Å². The van der Waals surface area contributed by atoms with E-state index in [-0.39, 0.29) is 0 Å². The molecule has 0 radical (unpaired) electrons. The minimum absolute atomic E-state index is 0.409. The quantitative estimate of drug-likeness (QED) is 0.698. The number of hydrogen-bond donors (Lipinski definition) is 0. The van der Waals surface area contributed by atoms with Crippen LogP contribution in [0.25, 0.3) is 10.3 Å². The van der Waals surface area contributed by atoms with Crippen molar-refractivity contribution in [2.45, 2.75) is 26.7 Å². The zero-order valence-electron chi connectivity index (χ0n) is 7.90. The average molecular weight is 193 g/mol. The Morgan fingerprint density at radius 2 is 2.08 bits per heavy atom. The van der Waals surface area contributed by atoms with Gasteiger partial charge < -0.3 is 0 Å². The summed E-state index contributed by atoms with van der Waals surface area (Å²) in [5.74, 6) is 0.409.